The van der Waals surface area contributed by atoms with E-state index in [0.29, 0.717) is 5.69 Å². The van der Waals surface area contributed by atoms with E-state index in [1.54, 1.807) is 6.92 Å². The second kappa shape index (κ2) is 6.21. The number of nitrogen functional groups attached to an aromatic ring is 1. The molecule has 1 aromatic heterocycles. The van der Waals surface area contributed by atoms with Gasteiger partial charge in [0.1, 0.15) is 4.90 Å². The minimum atomic E-state index is -3.72. The molecule has 0 aliphatic heterocycles. The van der Waals surface area contributed by atoms with Crippen LogP contribution in [-0.4, -0.2) is 13.4 Å². The standard InChI is InChI=1S/C14H18N4O2S/c1-10-3-5-12(6-4-10)11(2)18-21(19,20)14-9-16-8-7-13(14)17-15/h3-9,11,18H,15H2,1-2H3,(H,16,17). The zero-order valence-electron chi connectivity index (χ0n) is 11.9. The van der Waals surface area contributed by atoms with Crippen LogP contribution in [0.25, 0.3) is 0 Å². The van der Waals surface area contributed by atoms with Crippen LogP contribution >= 0.6 is 0 Å². The molecular formula is C14H18N4O2S. The van der Waals surface area contributed by atoms with Gasteiger partial charge in [0, 0.05) is 18.4 Å². The third-order valence-electron chi connectivity index (χ3n) is 3.14. The van der Waals surface area contributed by atoms with Gasteiger partial charge in [0.05, 0.1) is 5.69 Å². The zero-order chi connectivity index (χ0) is 15.5. The van der Waals surface area contributed by atoms with E-state index in [2.05, 4.69) is 15.1 Å². The smallest absolute Gasteiger partial charge is 0.244 e. The normalized spacial score (nSPS) is 12.9. The van der Waals surface area contributed by atoms with Gasteiger partial charge >= 0.3 is 0 Å². The number of benzene rings is 1. The van der Waals surface area contributed by atoms with Crippen molar-refractivity contribution in [2.75, 3.05) is 5.43 Å². The molecule has 0 bridgehead atoms. The number of nitrogens with two attached hydrogens (primary N) is 1. The lowest BCUT2D eigenvalue weighted by atomic mass is 10.1. The fourth-order valence-corrected chi connectivity index (χ4v) is 3.28. The summed E-state index contributed by atoms with van der Waals surface area (Å²) in [4.78, 5) is 3.86. The molecule has 1 unspecified atom stereocenters. The number of hydrogen-bond acceptors (Lipinski definition) is 5. The summed E-state index contributed by atoms with van der Waals surface area (Å²) in [5.41, 5.74) is 4.67. The van der Waals surface area contributed by atoms with Crippen molar-refractivity contribution < 1.29 is 8.42 Å². The fourth-order valence-electron chi connectivity index (χ4n) is 1.93. The molecule has 1 atom stereocenters. The number of sulfonamides is 1. The first kappa shape index (κ1) is 15.4. The molecule has 112 valence electrons. The van der Waals surface area contributed by atoms with Gasteiger partial charge in [-0.1, -0.05) is 29.8 Å². The van der Waals surface area contributed by atoms with E-state index in [1.807, 2.05) is 31.2 Å². The van der Waals surface area contributed by atoms with Crippen molar-refractivity contribution in [3.05, 3.63) is 53.9 Å². The van der Waals surface area contributed by atoms with E-state index >= 15 is 0 Å². The number of nitrogens with one attached hydrogen (secondary N) is 2. The number of aromatic nitrogens is 1. The Morgan fingerprint density at radius 3 is 2.48 bits per heavy atom. The molecule has 1 aromatic carbocycles. The predicted octanol–water partition coefficient (Wildman–Crippen LogP) is 1.72. The molecule has 1 heterocycles. The maximum absolute atomic E-state index is 12.4. The number of hydrazine groups is 1. The molecule has 0 aliphatic rings. The van der Waals surface area contributed by atoms with Gasteiger partial charge in [0.2, 0.25) is 10.0 Å². The van der Waals surface area contributed by atoms with Gasteiger partial charge in [-0.15, -0.1) is 0 Å². The van der Waals surface area contributed by atoms with E-state index < -0.39 is 10.0 Å². The number of aryl methyl sites for hydroxylation is 1. The Balaban J connectivity index is 2.26. The first-order valence-electron chi connectivity index (χ1n) is 6.43. The molecule has 0 saturated heterocycles. The molecule has 2 aromatic rings. The lowest BCUT2D eigenvalue weighted by Gasteiger charge is -2.16. The highest BCUT2D eigenvalue weighted by molar-refractivity contribution is 7.89. The largest absolute Gasteiger partial charge is 0.323 e. The highest BCUT2D eigenvalue weighted by Gasteiger charge is 2.21. The van der Waals surface area contributed by atoms with Crippen LogP contribution in [0.4, 0.5) is 5.69 Å². The minimum absolute atomic E-state index is 0.0199. The summed E-state index contributed by atoms with van der Waals surface area (Å²) in [6.07, 6.45) is 2.73. The highest BCUT2D eigenvalue weighted by Crippen LogP contribution is 2.21. The molecule has 6 nitrogen and oxygen atoms in total. The maximum atomic E-state index is 12.4. The molecular weight excluding hydrogens is 288 g/mol. The Hall–Kier alpha value is -1.96. The van der Waals surface area contributed by atoms with Crippen LogP contribution in [0.3, 0.4) is 0 Å². The van der Waals surface area contributed by atoms with Crippen LogP contribution < -0.4 is 16.0 Å². The van der Waals surface area contributed by atoms with Crippen LogP contribution in [0, 0.1) is 6.92 Å². The Kier molecular flexibility index (Phi) is 4.56. The highest BCUT2D eigenvalue weighted by atomic mass is 32.2. The molecule has 0 saturated carbocycles. The summed E-state index contributed by atoms with van der Waals surface area (Å²) in [5, 5.41) is 0. The minimum Gasteiger partial charge on any atom is -0.323 e. The van der Waals surface area contributed by atoms with E-state index in [0.717, 1.165) is 11.1 Å². The summed E-state index contributed by atoms with van der Waals surface area (Å²) < 4.78 is 27.5. The quantitative estimate of drug-likeness (QED) is 0.577. The van der Waals surface area contributed by atoms with Crippen molar-refractivity contribution >= 4 is 15.7 Å². The average Bonchev–Trinajstić information content (AvgIpc) is 2.47. The van der Waals surface area contributed by atoms with Crippen LogP contribution in [0.2, 0.25) is 0 Å². The van der Waals surface area contributed by atoms with Crippen molar-refractivity contribution in [2.24, 2.45) is 5.84 Å². The summed E-state index contributed by atoms with van der Waals surface area (Å²) in [7, 11) is -3.72. The first-order valence-corrected chi connectivity index (χ1v) is 7.92. The molecule has 0 fully saturated rings. The van der Waals surface area contributed by atoms with Crippen molar-refractivity contribution in [2.45, 2.75) is 24.8 Å². The van der Waals surface area contributed by atoms with Crippen molar-refractivity contribution in [3.8, 4) is 0 Å². The summed E-state index contributed by atoms with van der Waals surface area (Å²) in [5.74, 6) is 5.34. The molecule has 4 N–H and O–H groups in total. The van der Waals surface area contributed by atoms with Gasteiger partial charge in [-0.05, 0) is 25.5 Å². The van der Waals surface area contributed by atoms with Crippen molar-refractivity contribution in [1.82, 2.24) is 9.71 Å². The first-order chi connectivity index (χ1) is 9.94. The van der Waals surface area contributed by atoms with Crippen LogP contribution in [0.5, 0.6) is 0 Å². The Labute approximate surface area is 124 Å². The maximum Gasteiger partial charge on any atom is 0.244 e. The van der Waals surface area contributed by atoms with Gasteiger partial charge in [0.25, 0.3) is 0 Å². The molecule has 7 heteroatoms. The van der Waals surface area contributed by atoms with Gasteiger partial charge in [-0.2, -0.15) is 0 Å². The number of pyridine rings is 1. The Morgan fingerprint density at radius 1 is 1.19 bits per heavy atom. The molecule has 2 rings (SSSR count). The van der Waals surface area contributed by atoms with E-state index in [4.69, 9.17) is 5.84 Å². The third kappa shape index (κ3) is 3.57. The predicted molar refractivity (Wildman–Crippen MR) is 82.0 cm³/mol. The molecule has 0 aliphatic carbocycles. The topological polar surface area (TPSA) is 97.1 Å². The Morgan fingerprint density at radius 2 is 1.86 bits per heavy atom. The summed E-state index contributed by atoms with van der Waals surface area (Å²) in [6, 6.07) is 8.82. The van der Waals surface area contributed by atoms with Crippen molar-refractivity contribution in [3.63, 3.8) is 0 Å². The number of hydrogen-bond donors (Lipinski definition) is 3. The lowest BCUT2D eigenvalue weighted by Crippen LogP contribution is -2.28. The van der Waals surface area contributed by atoms with Crippen LogP contribution in [0.1, 0.15) is 24.1 Å². The zero-order valence-corrected chi connectivity index (χ0v) is 12.7. The number of rotatable bonds is 5. The molecule has 0 spiro atoms. The Bertz CT molecular complexity index is 714. The van der Waals surface area contributed by atoms with Crippen molar-refractivity contribution in [1.29, 1.82) is 0 Å². The van der Waals surface area contributed by atoms with Gasteiger partial charge in [-0.3, -0.25) is 10.8 Å². The van der Waals surface area contributed by atoms with Gasteiger partial charge in [-0.25, -0.2) is 13.1 Å². The second-order valence-corrected chi connectivity index (χ2v) is 6.45. The fraction of sp³-hybridized carbons (Fsp3) is 0.214. The number of anilines is 1. The van der Waals surface area contributed by atoms with E-state index in [-0.39, 0.29) is 10.9 Å². The molecule has 0 radical (unpaired) electrons. The lowest BCUT2D eigenvalue weighted by molar-refractivity contribution is 0.567. The SMILES string of the molecule is Cc1ccc(C(C)NS(=O)(=O)c2cnccc2NN)cc1. The third-order valence-corrected chi connectivity index (χ3v) is 4.71. The average molecular weight is 306 g/mol. The van der Waals surface area contributed by atoms with Gasteiger partial charge < -0.3 is 5.43 Å². The van der Waals surface area contributed by atoms with E-state index in [1.165, 1.54) is 18.5 Å². The summed E-state index contributed by atoms with van der Waals surface area (Å²) in [6.45, 7) is 3.77. The van der Waals surface area contributed by atoms with Crippen LogP contribution in [-0.2, 0) is 10.0 Å². The monoisotopic (exact) mass is 306 g/mol. The summed E-state index contributed by atoms with van der Waals surface area (Å²) >= 11 is 0. The van der Waals surface area contributed by atoms with Crippen LogP contribution in [0.15, 0.2) is 47.6 Å². The van der Waals surface area contributed by atoms with Gasteiger partial charge in [0.15, 0.2) is 0 Å². The molecule has 21 heavy (non-hydrogen) atoms. The second-order valence-electron chi connectivity index (χ2n) is 4.77. The number of nitrogens with zero attached hydrogens (tertiary/aromatic N) is 1. The molecule has 0 amide bonds. The van der Waals surface area contributed by atoms with E-state index in [9.17, 15) is 8.42 Å².